The first-order valence-corrected chi connectivity index (χ1v) is 12.6. The molecule has 0 bridgehead atoms. The van der Waals surface area contributed by atoms with Crippen LogP contribution in [0.15, 0.2) is 24.8 Å². The van der Waals surface area contributed by atoms with Crippen molar-refractivity contribution in [2.75, 3.05) is 11.5 Å². The molecule has 1 amide bonds. The lowest BCUT2D eigenvalue weighted by Gasteiger charge is -2.38. The Kier molecular flexibility index (Phi) is 7.22. The summed E-state index contributed by atoms with van der Waals surface area (Å²) in [5, 5.41) is 0. The fraction of sp³-hybridized carbons (Fsp3) is 0.538. The summed E-state index contributed by atoms with van der Waals surface area (Å²) >= 11 is 1.29. The van der Waals surface area contributed by atoms with Gasteiger partial charge in [0, 0.05) is 17.8 Å². The van der Waals surface area contributed by atoms with Crippen LogP contribution in [0.4, 0.5) is 5.69 Å². The van der Waals surface area contributed by atoms with Gasteiger partial charge in [0.05, 0.1) is 29.6 Å². The summed E-state index contributed by atoms with van der Waals surface area (Å²) in [6, 6.07) is 1.86. The van der Waals surface area contributed by atoms with Gasteiger partial charge in [0.15, 0.2) is 12.0 Å². The molecule has 0 unspecified atom stereocenters. The number of fused-ring (bicyclic) bond motifs is 1. The first-order valence-electron chi connectivity index (χ1n) is 11.8. The van der Waals surface area contributed by atoms with Crippen LogP contribution in [0.5, 0.6) is 5.75 Å². The molecule has 180 valence electrons. The van der Waals surface area contributed by atoms with Crippen molar-refractivity contribution < 1.29 is 19.1 Å². The highest BCUT2D eigenvalue weighted by molar-refractivity contribution is 7.15. The van der Waals surface area contributed by atoms with Crippen LogP contribution in [0.3, 0.4) is 0 Å². The normalized spacial score (nSPS) is 22.3. The fourth-order valence-corrected chi connectivity index (χ4v) is 5.08. The van der Waals surface area contributed by atoms with Crippen molar-refractivity contribution in [3.63, 3.8) is 0 Å². The van der Waals surface area contributed by atoms with Crippen LogP contribution in [0, 0.1) is 29.1 Å². The highest BCUT2D eigenvalue weighted by Gasteiger charge is 2.41. The lowest BCUT2D eigenvalue weighted by Crippen LogP contribution is -2.50. The fourth-order valence-electron chi connectivity index (χ4n) is 4.19. The summed E-state index contributed by atoms with van der Waals surface area (Å²) < 4.78 is 11.5. The number of hydrogen-bond acceptors (Lipinski definition) is 7. The number of ether oxygens (including phenoxy) is 2. The van der Waals surface area contributed by atoms with Gasteiger partial charge >= 0.3 is 5.97 Å². The van der Waals surface area contributed by atoms with E-state index in [1.165, 1.54) is 17.7 Å². The molecule has 0 saturated heterocycles. The SMILES string of the molecule is CC1CCC(C(=O)N2c3cc(C#CC(C)(C)C)sc3C(=O)O[C@H]2CCOc2cncnc2)CC1. The number of thiophene rings is 1. The van der Waals surface area contributed by atoms with Gasteiger partial charge < -0.3 is 9.47 Å². The predicted octanol–water partition coefficient (Wildman–Crippen LogP) is 5.06. The zero-order valence-corrected chi connectivity index (χ0v) is 21.0. The summed E-state index contributed by atoms with van der Waals surface area (Å²) in [5.41, 5.74) is 0.441. The molecule has 1 aliphatic heterocycles. The number of nitrogens with zero attached hydrogens (tertiary/aromatic N) is 3. The van der Waals surface area contributed by atoms with E-state index in [0.29, 0.717) is 28.7 Å². The molecule has 1 fully saturated rings. The summed E-state index contributed by atoms with van der Waals surface area (Å²) in [6.45, 7) is 8.60. The second-order valence-corrected chi connectivity index (χ2v) is 11.1. The van der Waals surface area contributed by atoms with E-state index in [4.69, 9.17) is 9.47 Å². The molecule has 2 aromatic rings. The average molecular weight is 482 g/mol. The van der Waals surface area contributed by atoms with Crippen molar-refractivity contribution in [2.24, 2.45) is 17.3 Å². The van der Waals surface area contributed by atoms with Gasteiger partial charge in [0.25, 0.3) is 0 Å². The second-order valence-electron chi connectivity index (χ2n) is 10.1. The Bertz CT molecular complexity index is 1090. The number of anilines is 1. The highest BCUT2D eigenvalue weighted by Crippen LogP contribution is 2.40. The Balaban J connectivity index is 1.60. The Labute approximate surface area is 204 Å². The highest BCUT2D eigenvalue weighted by atomic mass is 32.1. The van der Waals surface area contributed by atoms with Crippen molar-refractivity contribution in [3.05, 3.63) is 34.5 Å². The lowest BCUT2D eigenvalue weighted by molar-refractivity contribution is -0.126. The number of cyclic esters (lactones) is 1. The largest absolute Gasteiger partial charge is 0.490 e. The maximum absolute atomic E-state index is 13.7. The van der Waals surface area contributed by atoms with Crippen LogP contribution >= 0.6 is 11.3 Å². The third-order valence-corrected chi connectivity index (χ3v) is 7.04. The number of carbonyl (C=O) groups is 2. The van der Waals surface area contributed by atoms with Crippen LogP contribution in [-0.2, 0) is 9.53 Å². The molecule has 2 aromatic heterocycles. The van der Waals surface area contributed by atoms with Gasteiger partial charge in [0.2, 0.25) is 5.91 Å². The summed E-state index contributed by atoms with van der Waals surface area (Å²) in [4.78, 5) is 37.4. The number of rotatable bonds is 5. The Morgan fingerprint density at radius 2 is 1.94 bits per heavy atom. The molecule has 3 heterocycles. The van der Waals surface area contributed by atoms with E-state index in [0.717, 1.165) is 30.6 Å². The molecular weight excluding hydrogens is 450 g/mol. The maximum Gasteiger partial charge on any atom is 0.352 e. The summed E-state index contributed by atoms with van der Waals surface area (Å²) in [6.07, 6.45) is 7.96. The molecule has 0 spiro atoms. The van der Waals surface area contributed by atoms with Crippen LogP contribution in [0.2, 0.25) is 0 Å². The van der Waals surface area contributed by atoms with Crippen LogP contribution < -0.4 is 9.64 Å². The average Bonchev–Trinajstić information content (AvgIpc) is 3.23. The van der Waals surface area contributed by atoms with Gasteiger partial charge in [-0.3, -0.25) is 9.69 Å². The Morgan fingerprint density at radius 3 is 2.62 bits per heavy atom. The maximum atomic E-state index is 13.7. The number of carbonyl (C=O) groups excluding carboxylic acids is 2. The van der Waals surface area contributed by atoms with Crippen LogP contribution in [0.1, 0.15) is 74.3 Å². The zero-order valence-electron chi connectivity index (χ0n) is 20.2. The molecule has 1 atom stereocenters. The predicted molar refractivity (Wildman–Crippen MR) is 131 cm³/mol. The van der Waals surface area contributed by atoms with Crippen molar-refractivity contribution in [1.82, 2.24) is 9.97 Å². The standard InChI is InChI=1S/C26H31N3O4S/c1-17-5-7-18(8-6-17)24(30)29-21-13-20(9-11-26(2,3)4)34-23(21)25(31)33-22(29)10-12-32-19-14-27-16-28-15-19/h13-18,22H,5-8,10,12H2,1-4H3/t17?,18?,22-/m0/s1. The minimum atomic E-state index is -0.727. The molecule has 34 heavy (non-hydrogen) atoms. The number of aromatic nitrogens is 2. The van der Waals surface area contributed by atoms with Gasteiger partial charge in [-0.15, -0.1) is 11.3 Å². The van der Waals surface area contributed by atoms with Crippen molar-refractivity contribution in [3.8, 4) is 17.6 Å². The van der Waals surface area contributed by atoms with Gasteiger partial charge in [-0.25, -0.2) is 14.8 Å². The topological polar surface area (TPSA) is 81.6 Å². The lowest BCUT2D eigenvalue weighted by atomic mass is 9.82. The third kappa shape index (κ3) is 5.76. The van der Waals surface area contributed by atoms with E-state index >= 15 is 0 Å². The number of hydrogen-bond donors (Lipinski definition) is 0. The minimum absolute atomic E-state index is 0.0156. The molecular formula is C26H31N3O4S. The summed E-state index contributed by atoms with van der Waals surface area (Å²) in [5.74, 6) is 7.07. The van der Waals surface area contributed by atoms with E-state index in [1.807, 2.05) is 26.8 Å². The van der Waals surface area contributed by atoms with Gasteiger partial charge in [0.1, 0.15) is 11.2 Å². The molecule has 1 aliphatic carbocycles. The zero-order chi connectivity index (χ0) is 24.3. The molecule has 1 saturated carbocycles. The van der Waals surface area contributed by atoms with E-state index in [2.05, 4.69) is 28.7 Å². The Hall–Kier alpha value is -2.92. The third-order valence-electron chi connectivity index (χ3n) is 6.02. The van der Waals surface area contributed by atoms with Gasteiger partial charge in [-0.1, -0.05) is 18.8 Å². The van der Waals surface area contributed by atoms with Crippen molar-refractivity contribution >= 4 is 28.9 Å². The minimum Gasteiger partial charge on any atom is -0.490 e. The smallest absolute Gasteiger partial charge is 0.352 e. The first-order chi connectivity index (χ1) is 16.2. The van der Waals surface area contributed by atoms with Gasteiger partial charge in [-0.2, -0.15) is 0 Å². The number of esters is 1. The van der Waals surface area contributed by atoms with Crippen LogP contribution in [-0.4, -0.2) is 34.7 Å². The van der Waals surface area contributed by atoms with Crippen LogP contribution in [0.25, 0.3) is 0 Å². The summed E-state index contributed by atoms with van der Waals surface area (Å²) in [7, 11) is 0. The molecule has 2 aliphatic rings. The van der Waals surface area contributed by atoms with E-state index < -0.39 is 12.2 Å². The molecule has 4 rings (SSSR count). The molecule has 8 heteroatoms. The molecule has 0 aromatic carbocycles. The monoisotopic (exact) mass is 481 g/mol. The second kappa shape index (κ2) is 10.1. The van der Waals surface area contributed by atoms with E-state index in [1.54, 1.807) is 17.3 Å². The van der Waals surface area contributed by atoms with E-state index in [9.17, 15) is 9.59 Å². The quantitative estimate of drug-likeness (QED) is 0.439. The molecule has 0 N–H and O–H groups in total. The Morgan fingerprint density at radius 1 is 1.24 bits per heavy atom. The number of amides is 1. The molecule has 0 radical (unpaired) electrons. The van der Waals surface area contributed by atoms with Gasteiger partial charge in [-0.05, 0) is 58.4 Å². The van der Waals surface area contributed by atoms with Crippen molar-refractivity contribution in [1.29, 1.82) is 0 Å². The molecule has 7 nitrogen and oxygen atoms in total. The van der Waals surface area contributed by atoms with Crippen molar-refractivity contribution in [2.45, 2.75) is 66.0 Å². The van der Waals surface area contributed by atoms with E-state index in [-0.39, 0.29) is 23.8 Å². The first kappa shape index (κ1) is 24.2.